The van der Waals surface area contributed by atoms with Crippen LogP contribution in [0.25, 0.3) is 22.3 Å². The van der Waals surface area contributed by atoms with Gasteiger partial charge in [0.15, 0.2) is 17.5 Å². The average molecular weight is 396 g/mol. The van der Waals surface area contributed by atoms with Crippen LogP contribution in [0.5, 0.6) is 0 Å². The predicted molar refractivity (Wildman–Crippen MR) is 102 cm³/mol. The highest BCUT2D eigenvalue weighted by Gasteiger charge is 2.35. The van der Waals surface area contributed by atoms with Gasteiger partial charge in [0.05, 0.1) is 11.1 Å². The number of H-pyrrole nitrogens is 1. The third kappa shape index (κ3) is 3.28. The molecule has 0 spiro atoms. The minimum Gasteiger partial charge on any atom is -0.321 e. The maximum atomic E-state index is 13.4. The van der Waals surface area contributed by atoms with Crippen LogP contribution in [-0.2, 0) is 6.18 Å². The van der Waals surface area contributed by atoms with Crippen LogP contribution < -0.4 is 5.32 Å². The van der Waals surface area contributed by atoms with Crippen molar-refractivity contribution in [3.05, 3.63) is 59.8 Å². The van der Waals surface area contributed by atoms with Crippen molar-refractivity contribution in [3.63, 3.8) is 0 Å². The molecular formula is C20H15F3N6. The number of aromatic amines is 1. The van der Waals surface area contributed by atoms with Gasteiger partial charge in [-0.25, -0.2) is 4.98 Å². The van der Waals surface area contributed by atoms with Gasteiger partial charge in [0.25, 0.3) is 0 Å². The van der Waals surface area contributed by atoms with Crippen molar-refractivity contribution >= 4 is 22.5 Å². The number of alkyl halides is 3. The van der Waals surface area contributed by atoms with Crippen LogP contribution >= 0.6 is 0 Å². The van der Waals surface area contributed by atoms with E-state index >= 15 is 0 Å². The molecule has 6 nitrogen and oxygen atoms in total. The third-order valence-electron chi connectivity index (χ3n) is 4.86. The molecule has 0 saturated heterocycles. The minimum absolute atomic E-state index is 0.0790. The van der Waals surface area contributed by atoms with Gasteiger partial charge in [0.2, 0.25) is 0 Å². The number of benzene rings is 2. The number of hydrogen-bond donors (Lipinski definition) is 2. The largest absolute Gasteiger partial charge is 0.417 e. The quantitative estimate of drug-likeness (QED) is 0.504. The second kappa shape index (κ2) is 6.54. The molecule has 1 aliphatic carbocycles. The molecule has 2 aromatic heterocycles. The van der Waals surface area contributed by atoms with E-state index in [1.54, 1.807) is 0 Å². The molecule has 0 amide bonds. The highest BCUT2D eigenvalue weighted by molar-refractivity contribution is 5.91. The van der Waals surface area contributed by atoms with Gasteiger partial charge in [0.1, 0.15) is 5.69 Å². The molecule has 0 unspecified atom stereocenters. The van der Waals surface area contributed by atoms with Gasteiger partial charge in [-0.3, -0.25) is 5.10 Å². The zero-order valence-corrected chi connectivity index (χ0v) is 15.0. The second-order valence-electron chi connectivity index (χ2n) is 6.93. The molecule has 1 fully saturated rings. The lowest BCUT2D eigenvalue weighted by Crippen LogP contribution is -2.10. The number of fused-ring (bicyclic) bond motifs is 1. The van der Waals surface area contributed by atoms with Gasteiger partial charge in [-0.1, -0.05) is 30.3 Å². The van der Waals surface area contributed by atoms with Crippen LogP contribution in [0.4, 0.5) is 24.8 Å². The lowest BCUT2D eigenvalue weighted by atomic mass is 10.1. The van der Waals surface area contributed by atoms with E-state index in [0.717, 1.165) is 29.8 Å². The fraction of sp³-hybridized carbons (Fsp3) is 0.200. The van der Waals surface area contributed by atoms with Crippen molar-refractivity contribution < 1.29 is 13.2 Å². The Bertz CT molecular complexity index is 1200. The Morgan fingerprint density at radius 3 is 2.48 bits per heavy atom. The van der Waals surface area contributed by atoms with E-state index in [2.05, 4.69) is 30.7 Å². The Balaban J connectivity index is 1.61. The number of para-hydroxylation sites is 1. The Morgan fingerprint density at radius 2 is 1.69 bits per heavy atom. The van der Waals surface area contributed by atoms with E-state index in [1.807, 2.05) is 24.3 Å². The van der Waals surface area contributed by atoms with Gasteiger partial charge in [0, 0.05) is 16.9 Å². The molecule has 4 aromatic rings. The molecule has 1 aliphatic rings. The molecule has 9 heteroatoms. The van der Waals surface area contributed by atoms with Crippen LogP contribution in [0.1, 0.15) is 30.0 Å². The summed E-state index contributed by atoms with van der Waals surface area (Å²) in [6.07, 6.45) is -2.61. The van der Waals surface area contributed by atoms with E-state index in [1.165, 1.54) is 18.2 Å². The number of nitrogens with zero attached hydrogens (tertiary/aromatic N) is 4. The summed E-state index contributed by atoms with van der Waals surface area (Å²) in [5.74, 6) is 1.05. The number of anilines is 2. The molecule has 0 radical (unpaired) electrons. The van der Waals surface area contributed by atoms with Crippen molar-refractivity contribution in [2.75, 3.05) is 5.32 Å². The number of halogens is 3. The minimum atomic E-state index is -4.51. The van der Waals surface area contributed by atoms with Crippen molar-refractivity contribution in [2.24, 2.45) is 0 Å². The van der Waals surface area contributed by atoms with Crippen LogP contribution in [-0.4, -0.2) is 25.4 Å². The fourth-order valence-corrected chi connectivity index (χ4v) is 3.27. The first-order valence-corrected chi connectivity index (χ1v) is 9.12. The summed E-state index contributed by atoms with van der Waals surface area (Å²) in [5.41, 5.74) is 0.583. The summed E-state index contributed by atoms with van der Waals surface area (Å²) in [6.45, 7) is 0. The Morgan fingerprint density at radius 1 is 0.931 bits per heavy atom. The second-order valence-corrected chi connectivity index (χ2v) is 6.93. The Hall–Kier alpha value is -3.49. The Labute approximate surface area is 163 Å². The number of hydrogen-bond acceptors (Lipinski definition) is 5. The topological polar surface area (TPSA) is 79.4 Å². The monoisotopic (exact) mass is 396 g/mol. The number of rotatable bonds is 4. The van der Waals surface area contributed by atoms with Gasteiger partial charge in [-0.2, -0.15) is 18.3 Å². The molecule has 0 aliphatic heterocycles. The first kappa shape index (κ1) is 17.6. The first-order valence-electron chi connectivity index (χ1n) is 9.12. The van der Waals surface area contributed by atoms with Crippen LogP contribution in [0, 0.1) is 0 Å². The molecule has 1 saturated carbocycles. The summed E-state index contributed by atoms with van der Waals surface area (Å²) in [6, 6.07) is 12.8. The summed E-state index contributed by atoms with van der Waals surface area (Å²) in [5, 5.41) is 19.4. The van der Waals surface area contributed by atoms with Crippen molar-refractivity contribution in [1.29, 1.82) is 0 Å². The average Bonchev–Trinajstić information content (AvgIpc) is 3.49. The molecule has 29 heavy (non-hydrogen) atoms. The van der Waals surface area contributed by atoms with E-state index in [-0.39, 0.29) is 17.3 Å². The normalized spacial score (nSPS) is 14.3. The Kier molecular flexibility index (Phi) is 3.97. The fourth-order valence-electron chi connectivity index (χ4n) is 3.27. The SMILES string of the molecule is FC(F)(F)c1ccccc1-c1nnc(C2CC2)c(Nc2n[nH]c3ccccc23)n1. The molecule has 0 bridgehead atoms. The molecule has 2 aromatic carbocycles. The van der Waals surface area contributed by atoms with E-state index in [0.29, 0.717) is 17.3 Å². The molecule has 2 N–H and O–H groups in total. The maximum absolute atomic E-state index is 13.4. The molecular weight excluding hydrogens is 381 g/mol. The first-order chi connectivity index (χ1) is 14.0. The molecule has 2 heterocycles. The van der Waals surface area contributed by atoms with E-state index in [9.17, 15) is 13.2 Å². The summed E-state index contributed by atoms with van der Waals surface area (Å²) in [4.78, 5) is 4.42. The zero-order chi connectivity index (χ0) is 20.0. The summed E-state index contributed by atoms with van der Waals surface area (Å²) < 4.78 is 40.3. The molecule has 146 valence electrons. The van der Waals surface area contributed by atoms with Gasteiger partial charge in [-0.15, -0.1) is 10.2 Å². The van der Waals surface area contributed by atoms with E-state index < -0.39 is 11.7 Å². The third-order valence-corrected chi connectivity index (χ3v) is 4.86. The number of nitrogens with one attached hydrogen (secondary N) is 2. The lowest BCUT2D eigenvalue weighted by molar-refractivity contribution is -0.137. The molecule has 5 rings (SSSR count). The van der Waals surface area contributed by atoms with E-state index in [4.69, 9.17) is 0 Å². The highest BCUT2D eigenvalue weighted by atomic mass is 19.4. The zero-order valence-electron chi connectivity index (χ0n) is 15.0. The number of aromatic nitrogens is 5. The van der Waals surface area contributed by atoms with Gasteiger partial charge >= 0.3 is 6.18 Å². The predicted octanol–water partition coefficient (Wildman–Crippen LogP) is 5.05. The summed E-state index contributed by atoms with van der Waals surface area (Å²) >= 11 is 0. The summed E-state index contributed by atoms with van der Waals surface area (Å²) in [7, 11) is 0. The van der Waals surface area contributed by atoms with Crippen LogP contribution in [0.2, 0.25) is 0 Å². The van der Waals surface area contributed by atoms with Crippen LogP contribution in [0.15, 0.2) is 48.5 Å². The van der Waals surface area contributed by atoms with Crippen molar-refractivity contribution in [1.82, 2.24) is 25.4 Å². The maximum Gasteiger partial charge on any atom is 0.417 e. The van der Waals surface area contributed by atoms with Crippen LogP contribution in [0.3, 0.4) is 0 Å². The highest BCUT2D eigenvalue weighted by Crippen LogP contribution is 2.43. The lowest BCUT2D eigenvalue weighted by Gasteiger charge is -2.13. The van der Waals surface area contributed by atoms with Crippen molar-refractivity contribution in [2.45, 2.75) is 24.9 Å². The standard InChI is InChI=1S/C20H15F3N6/c21-20(22,23)14-7-3-1-5-12(14)17-24-19(16(27-29-17)11-9-10-11)25-18-13-6-2-4-8-15(13)26-28-18/h1-8,11H,9-10H2,(H2,24,25,26,28,29). The van der Waals surface area contributed by atoms with Gasteiger partial charge in [-0.05, 0) is 31.0 Å². The smallest absolute Gasteiger partial charge is 0.321 e. The van der Waals surface area contributed by atoms with Crippen molar-refractivity contribution in [3.8, 4) is 11.4 Å². The molecule has 0 atom stereocenters. The van der Waals surface area contributed by atoms with Gasteiger partial charge < -0.3 is 5.32 Å².